The molecule has 1 saturated carbocycles. The summed E-state index contributed by atoms with van der Waals surface area (Å²) in [5.41, 5.74) is 7.04. The smallest absolute Gasteiger partial charge is 0.0336 e. The SMILES string of the molecule is CC1(C)CCCC(CN)(N2CCCCCCC2)C1. The second-order valence-electron chi connectivity index (χ2n) is 7.38. The first-order chi connectivity index (χ1) is 8.58. The van der Waals surface area contributed by atoms with E-state index in [0.717, 1.165) is 6.54 Å². The van der Waals surface area contributed by atoms with Gasteiger partial charge in [-0.25, -0.2) is 0 Å². The lowest BCUT2D eigenvalue weighted by atomic mass is 9.67. The van der Waals surface area contributed by atoms with Crippen LogP contribution in [0.25, 0.3) is 0 Å². The molecule has 1 heterocycles. The average Bonchev–Trinajstić information content (AvgIpc) is 2.26. The molecule has 2 nitrogen and oxygen atoms in total. The molecule has 1 saturated heterocycles. The largest absolute Gasteiger partial charge is 0.329 e. The van der Waals surface area contributed by atoms with Crippen molar-refractivity contribution >= 4 is 0 Å². The lowest BCUT2D eigenvalue weighted by molar-refractivity contribution is 0.00508. The van der Waals surface area contributed by atoms with Gasteiger partial charge in [-0.1, -0.05) is 39.5 Å². The Bertz CT molecular complexity index is 254. The second kappa shape index (κ2) is 5.92. The van der Waals surface area contributed by atoms with E-state index in [9.17, 15) is 0 Å². The number of nitrogens with two attached hydrogens (primary N) is 1. The van der Waals surface area contributed by atoms with Gasteiger partial charge < -0.3 is 5.73 Å². The second-order valence-corrected chi connectivity index (χ2v) is 7.38. The Morgan fingerprint density at radius 1 is 0.889 bits per heavy atom. The van der Waals surface area contributed by atoms with Crippen molar-refractivity contribution < 1.29 is 0 Å². The third kappa shape index (κ3) is 3.27. The highest BCUT2D eigenvalue weighted by Crippen LogP contribution is 2.44. The maximum Gasteiger partial charge on any atom is 0.0336 e. The summed E-state index contributed by atoms with van der Waals surface area (Å²) in [5.74, 6) is 0. The Morgan fingerprint density at radius 2 is 1.50 bits per heavy atom. The van der Waals surface area contributed by atoms with Crippen LogP contribution in [0.1, 0.15) is 71.6 Å². The zero-order chi connectivity index (χ0) is 13.1. The number of nitrogens with zero attached hydrogens (tertiary/aromatic N) is 1. The summed E-state index contributed by atoms with van der Waals surface area (Å²) in [7, 11) is 0. The average molecular weight is 252 g/mol. The van der Waals surface area contributed by atoms with Gasteiger partial charge in [0.25, 0.3) is 0 Å². The molecular formula is C16H32N2. The van der Waals surface area contributed by atoms with Crippen molar-refractivity contribution in [2.45, 2.75) is 77.2 Å². The van der Waals surface area contributed by atoms with Crippen LogP contribution in [0.5, 0.6) is 0 Å². The molecule has 0 spiro atoms. The van der Waals surface area contributed by atoms with E-state index >= 15 is 0 Å². The van der Waals surface area contributed by atoms with Gasteiger partial charge in [0.15, 0.2) is 0 Å². The zero-order valence-electron chi connectivity index (χ0n) is 12.5. The molecule has 0 amide bonds. The van der Waals surface area contributed by atoms with Gasteiger partial charge in [-0.2, -0.15) is 0 Å². The van der Waals surface area contributed by atoms with E-state index in [1.807, 2.05) is 0 Å². The van der Waals surface area contributed by atoms with E-state index in [2.05, 4.69) is 18.7 Å². The van der Waals surface area contributed by atoms with Crippen LogP contribution in [0.2, 0.25) is 0 Å². The van der Waals surface area contributed by atoms with Crippen molar-refractivity contribution in [2.24, 2.45) is 11.1 Å². The van der Waals surface area contributed by atoms with Crippen LogP contribution < -0.4 is 5.73 Å². The van der Waals surface area contributed by atoms with Gasteiger partial charge >= 0.3 is 0 Å². The molecule has 1 aliphatic heterocycles. The molecule has 1 unspecified atom stereocenters. The van der Waals surface area contributed by atoms with E-state index in [1.165, 1.54) is 70.9 Å². The molecule has 0 bridgehead atoms. The van der Waals surface area contributed by atoms with Crippen molar-refractivity contribution in [3.63, 3.8) is 0 Å². The van der Waals surface area contributed by atoms with E-state index in [1.54, 1.807) is 0 Å². The van der Waals surface area contributed by atoms with Gasteiger partial charge in [-0.15, -0.1) is 0 Å². The van der Waals surface area contributed by atoms with Gasteiger partial charge in [-0.3, -0.25) is 4.90 Å². The summed E-state index contributed by atoms with van der Waals surface area (Å²) in [6, 6.07) is 0. The highest BCUT2D eigenvalue weighted by Gasteiger charge is 2.42. The van der Waals surface area contributed by atoms with Crippen LogP contribution in [-0.2, 0) is 0 Å². The molecule has 0 aromatic heterocycles. The molecule has 0 aromatic rings. The minimum atomic E-state index is 0.319. The Labute approximate surface area is 113 Å². The van der Waals surface area contributed by atoms with Gasteiger partial charge in [-0.05, 0) is 50.6 Å². The fourth-order valence-corrected chi connectivity index (χ4v) is 4.26. The number of hydrogen-bond donors (Lipinski definition) is 1. The first kappa shape index (κ1) is 14.3. The van der Waals surface area contributed by atoms with Crippen LogP contribution in [0, 0.1) is 5.41 Å². The molecule has 106 valence electrons. The molecule has 2 aliphatic rings. The predicted molar refractivity (Wildman–Crippen MR) is 78.7 cm³/mol. The molecular weight excluding hydrogens is 220 g/mol. The van der Waals surface area contributed by atoms with E-state index in [0.29, 0.717) is 11.0 Å². The Hall–Kier alpha value is -0.0800. The van der Waals surface area contributed by atoms with Crippen LogP contribution in [-0.4, -0.2) is 30.1 Å². The molecule has 2 heteroatoms. The monoisotopic (exact) mass is 252 g/mol. The number of rotatable bonds is 2. The summed E-state index contributed by atoms with van der Waals surface area (Å²) in [6.07, 6.45) is 12.4. The Balaban J connectivity index is 2.08. The van der Waals surface area contributed by atoms with Crippen LogP contribution >= 0.6 is 0 Å². The van der Waals surface area contributed by atoms with E-state index in [-0.39, 0.29) is 0 Å². The topological polar surface area (TPSA) is 29.3 Å². The van der Waals surface area contributed by atoms with Crippen molar-refractivity contribution in [1.29, 1.82) is 0 Å². The van der Waals surface area contributed by atoms with Crippen molar-refractivity contribution in [2.75, 3.05) is 19.6 Å². The molecule has 18 heavy (non-hydrogen) atoms. The van der Waals surface area contributed by atoms with Gasteiger partial charge in [0.05, 0.1) is 0 Å². The first-order valence-electron chi connectivity index (χ1n) is 8.03. The summed E-state index contributed by atoms with van der Waals surface area (Å²) in [4.78, 5) is 2.77. The van der Waals surface area contributed by atoms with Crippen molar-refractivity contribution in [3.05, 3.63) is 0 Å². The summed E-state index contributed by atoms with van der Waals surface area (Å²) < 4.78 is 0. The Morgan fingerprint density at radius 3 is 2.06 bits per heavy atom. The fraction of sp³-hybridized carbons (Fsp3) is 1.00. The molecule has 2 rings (SSSR count). The fourth-order valence-electron chi connectivity index (χ4n) is 4.26. The van der Waals surface area contributed by atoms with Crippen molar-refractivity contribution in [1.82, 2.24) is 4.90 Å². The number of hydrogen-bond acceptors (Lipinski definition) is 2. The molecule has 2 N–H and O–H groups in total. The lowest BCUT2D eigenvalue weighted by Crippen LogP contribution is -2.58. The molecule has 1 aliphatic carbocycles. The van der Waals surface area contributed by atoms with Crippen LogP contribution in [0.4, 0.5) is 0 Å². The third-order valence-corrected chi connectivity index (χ3v) is 5.21. The van der Waals surface area contributed by atoms with Gasteiger partial charge in [0.2, 0.25) is 0 Å². The minimum absolute atomic E-state index is 0.319. The standard InChI is InChI=1S/C16H32N2/c1-15(2)9-8-10-16(13-15,14-17)18-11-6-4-3-5-7-12-18/h3-14,17H2,1-2H3. The third-order valence-electron chi connectivity index (χ3n) is 5.21. The molecule has 0 radical (unpaired) electrons. The van der Waals surface area contributed by atoms with Crippen LogP contribution in [0.3, 0.4) is 0 Å². The van der Waals surface area contributed by atoms with Crippen molar-refractivity contribution in [3.8, 4) is 0 Å². The highest BCUT2D eigenvalue weighted by molar-refractivity contribution is 4.99. The summed E-state index contributed by atoms with van der Waals surface area (Å²) >= 11 is 0. The number of likely N-dealkylation sites (tertiary alicyclic amines) is 1. The molecule has 0 aromatic carbocycles. The van der Waals surface area contributed by atoms with E-state index in [4.69, 9.17) is 5.73 Å². The minimum Gasteiger partial charge on any atom is -0.329 e. The van der Waals surface area contributed by atoms with Gasteiger partial charge in [0.1, 0.15) is 0 Å². The van der Waals surface area contributed by atoms with Crippen LogP contribution in [0.15, 0.2) is 0 Å². The zero-order valence-corrected chi connectivity index (χ0v) is 12.5. The predicted octanol–water partition coefficient (Wildman–Crippen LogP) is 3.55. The Kier molecular flexibility index (Phi) is 4.71. The maximum atomic E-state index is 6.24. The molecule has 2 fully saturated rings. The lowest BCUT2D eigenvalue weighted by Gasteiger charge is -2.51. The summed E-state index contributed by atoms with van der Waals surface area (Å²) in [5, 5.41) is 0. The first-order valence-corrected chi connectivity index (χ1v) is 8.03. The van der Waals surface area contributed by atoms with Gasteiger partial charge in [0, 0.05) is 12.1 Å². The summed E-state index contributed by atoms with van der Waals surface area (Å²) in [6.45, 7) is 8.29. The highest BCUT2D eigenvalue weighted by atomic mass is 15.2. The maximum absolute atomic E-state index is 6.24. The normalized spacial score (nSPS) is 34.8. The van der Waals surface area contributed by atoms with E-state index < -0.39 is 0 Å². The molecule has 1 atom stereocenters. The quantitative estimate of drug-likeness (QED) is 0.814.